The summed E-state index contributed by atoms with van der Waals surface area (Å²) in [5, 5.41) is 10.4. The molecule has 4 nitrogen and oxygen atoms in total. The zero-order valence-electron chi connectivity index (χ0n) is 12.5. The highest BCUT2D eigenvalue weighted by molar-refractivity contribution is 7.99. The fourth-order valence-electron chi connectivity index (χ4n) is 2.70. The van der Waals surface area contributed by atoms with Crippen molar-refractivity contribution < 1.29 is 0 Å². The molecule has 0 aromatic carbocycles. The van der Waals surface area contributed by atoms with Crippen molar-refractivity contribution in [2.24, 2.45) is 5.92 Å². The largest absolute Gasteiger partial charge is 0.283 e. The van der Waals surface area contributed by atoms with Gasteiger partial charge in [-0.3, -0.25) is 9.36 Å². The van der Waals surface area contributed by atoms with Gasteiger partial charge in [0.15, 0.2) is 5.16 Å². The van der Waals surface area contributed by atoms with Crippen molar-refractivity contribution in [1.29, 1.82) is 5.26 Å². The topological polar surface area (TPSA) is 58.7 Å². The second-order valence-corrected chi connectivity index (χ2v) is 7.55. The first-order valence-electron chi connectivity index (χ1n) is 7.34. The fourth-order valence-corrected chi connectivity index (χ4v) is 4.95. The van der Waals surface area contributed by atoms with Gasteiger partial charge in [-0.1, -0.05) is 17.8 Å². The number of fused-ring (bicyclic) bond motifs is 3. The monoisotopic (exact) mass is 331 g/mol. The summed E-state index contributed by atoms with van der Waals surface area (Å²) in [6, 6.07) is 2.22. The first-order chi connectivity index (χ1) is 10.7. The van der Waals surface area contributed by atoms with Crippen LogP contribution in [-0.4, -0.2) is 15.3 Å². The van der Waals surface area contributed by atoms with E-state index in [0.29, 0.717) is 17.5 Å². The van der Waals surface area contributed by atoms with Crippen LogP contribution in [0, 0.1) is 17.2 Å². The van der Waals surface area contributed by atoms with E-state index >= 15 is 0 Å². The quantitative estimate of drug-likeness (QED) is 0.479. The molecule has 6 heteroatoms. The van der Waals surface area contributed by atoms with Crippen LogP contribution in [0.4, 0.5) is 0 Å². The smallest absolute Gasteiger partial charge is 0.263 e. The van der Waals surface area contributed by atoms with E-state index in [4.69, 9.17) is 10.2 Å². The Morgan fingerprint density at radius 1 is 1.59 bits per heavy atom. The number of hydrogen-bond acceptors (Lipinski definition) is 5. The highest BCUT2D eigenvalue weighted by Gasteiger charge is 2.23. The third-order valence-corrected chi connectivity index (χ3v) is 6.21. The Morgan fingerprint density at radius 3 is 3.14 bits per heavy atom. The molecule has 0 saturated heterocycles. The van der Waals surface area contributed by atoms with Crippen LogP contribution in [0.3, 0.4) is 0 Å². The molecule has 0 radical (unpaired) electrons. The summed E-state index contributed by atoms with van der Waals surface area (Å²) >= 11 is 3.13. The SMILES string of the molecule is C=CCn1c(SC[C@H](C)C#N)nc2sc3c(c2c1=O)CCC3. The molecule has 0 N–H and O–H groups in total. The van der Waals surface area contributed by atoms with E-state index in [2.05, 4.69) is 12.6 Å². The number of rotatable bonds is 5. The van der Waals surface area contributed by atoms with E-state index in [0.717, 1.165) is 29.5 Å². The van der Waals surface area contributed by atoms with E-state index in [-0.39, 0.29) is 11.5 Å². The molecule has 2 aromatic rings. The Labute approximate surface area is 137 Å². The van der Waals surface area contributed by atoms with Crippen molar-refractivity contribution in [3.05, 3.63) is 33.4 Å². The maximum Gasteiger partial charge on any atom is 0.263 e. The van der Waals surface area contributed by atoms with E-state index in [1.165, 1.54) is 22.2 Å². The van der Waals surface area contributed by atoms with Crippen LogP contribution >= 0.6 is 23.1 Å². The second kappa shape index (κ2) is 6.27. The summed E-state index contributed by atoms with van der Waals surface area (Å²) < 4.78 is 1.69. The minimum atomic E-state index is -0.0666. The Kier molecular flexibility index (Phi) is 4.37. The Morgan fingerprint density at radius 2 is 2.41 bits per heavy atom. The standard InChI is InChI=1S/C16H17N3OS2/c1-3-7-19-15(20)13-11-5-4-6-12(11)22-14(13)18-16(19)21-9-10(2)8-17/h3,10H,1,4-7,9H2,2H3/t10-/m1/s1. The number of thiophene rings is 1. The van der Waals surface area contributed by atoms with Crippen LogP contribution in [0.25, 0.3) is 10.2 Å². The van der Waals surface area contributed by atoms with Gasteiger partial charge in [0.1, 0.15) is 4.83 Å². The van der Waals surface area contributed by atoms with Gasteiger partial charge in [0.2, 0.25) is 0 Å². The van der Waals surface area contributed by atoms with E-state index in [1.807, 2.05) is 6.92 Å². The number of nitriles is 1. The zero-order valence-corrected chi connectivity index (χ0v) is 14.1. The molecule has 0 fully saturated rings. The van der Waals surface area contributed by atoms with Gasteiger partial charge in [0.05, 0.1) is 17.4 Å². The molecular formula is C16H17N3OS2. The molecule has 22 heavy (non-hydrogen) atoms. The number of hydrogen-bond donors (Lipinski definition) is 0. The first kappa shape index (κ1) is 15.3. The van der Waals surface area contributed by atoms with Crippen molar-refractivity contribution in [3.8, 4) is 6.07 Å². The third-order valence-electron chi connectivity index (χ3n) is 3.78. The lowest BCUT2D eigenvalue weighted by Gasteiger charge is -2.10. The van der Waals surface area contributed by atoms with Crippen LogP contribution in [0.1, 0.15) is 23.8 Å². The maximum absolute atomic E-state index is 12.9. The molecular weight excluding hydrogens is 314 g/mol. The molecule has 0 unspecified atom stereocenters. The van der Waals surface area contributed by atoms with Gasteiger partial charge in [0, 0.05) is 17.2 Å². The molecule has 0 amide bonds. The Bertz CT molecular complexity index is 828. The average molecular weight is 331 g/mol. The van der Waals surface area contributed by atoms with E-state index < -0.39 is 0 Å². The summed E-state index contributed by atoms with van der Waals surface area (Å²) in [5.74, 6) is 0.569. The van der Waals surface area contributed by atoms with Gasteiger partial charge in [-0.2, -0.15) is 5.26 Å². The average Bonchev–Trinajstić information content (AvgIpc) is 3.08. The van der Waals surface area contributed by atoms with Crippen molar-refractivity contribution in [1.82, 2.24) is 9.55 Å². The molecule has 0 bridgehead atoms. The van der Waals surface area contributed by atoms with Crippen LogP contribution in [-0.2, 0) is 19.4 Å². The number of allylic oxidation sites excluding steroid dienone is 1. The number of nitrogens with zero attached hydrogens (tertiary/aromatic N) is 3. The Balaban J connectivity index is 2.11. The highest BCUT2D eigenvalue weighted by atomic mass is 32.2. The number of aryl methyl sites for hydroxylation is 2. The van der Waals surface area contributed by atoms with Gasteiger partial charge in [-0.25, -0.2) is 4.98 Å². The predicted molar refractivity (Wildman–Crippen MR) is 91.6 cm³/mol. The summed E-state index contributed by atoms with van der Waals surface area (Å²) in [6.07, 6.45) is 4.90. The lowest BCUT2D eigenvalue weighted by atomic mass is 10.2. The molecule has 1 aliphatic carbocycles. The Hall–Kier alpha value is -1.58. The van der Waals surface area contributed by atoms with Gasteiger partial charge in [-0.15, -0.1) is 17.9 Å². The summed E-state index contributed by atoms with van der Waals surface area (Å²) in [7, 11) is 0. The molecule has 114 valence electrons. The molecule has 1 atom stereocenters. The lowest BCUT2D eigenvalue weighted by Crippen LogP contribution is -2.23. The van der Waals surface area contributed by atoms with Crippen molar-refractivity contribution in [2.75, 3.05) is 5.75 Å². The minimum Gasteiger partial charge on any atom is -0.283 e. The van der Waals surface area contributed by atoms with Crippen molar-refractivity contribution in [2.45, 2.75) is 37.9 Å². The van der Waals surface area contributed by atoms with E-state index in [9.17, 15) is 4.79 Å². The van der Waals surface area contributed by atoms with Crippen LogP contribution < -0.4 is 5.56 Å². The maximum atomic E-state index is 12.9. The summed E-state index contributed by atoms with van der Waals surface area (Å²) in [6.45, 7) is 6.07. The predicted octanol–water partition coefficient (Wildman–Crippen LogP) is 3.38. The first-order valence-corrected chi connectivity index (χ1v) is 9.14. The molecule has 2 aromatic heterocycles. The fraction of sp³-hybridized carbons (Fsp3) is 0.438. The van der Waals surface area contributed by atoms with Gasteiger partial charge in [-0.05, 0) is 31.7 Å². The number of thioether (sulfide) groups is 1. The number of aromatic nitrogens is 2. The molecule has 3 rings (SSSR count). The summed E-state index contributed by atoms with van der Waals surface area (Å²) in [5.41, 5.74) is 1.24. The van der Waals surface area contributed by atoms with Gasteiger partial charge in [0.25, 0.3) is 5.56 Å². The minimum absolute atomic E-state index is 0.0383. The zero-order chi connectivity index (χ0) is 15.7. The van der Waals surface area contributed by atoms with Gasteiger partial charge < -0.3 is 0 Å². The molecule has 0 spiro atoms. The highest BCUT2D eigenvalue weighted by Crippen LogP contribution is 2.35. The van der Waals surface area contributed by atoms with E-state index in [1.54, 1.807) is 22.0 Å². The molecule has 2 heterocycles. The van der Waals surface area contributed by atoms with Crippen LogP contribution in [0.15, 0.2) is 22.6 Å². The van der Waals surface area contributed by atoms with Crippen LogP contribution in [0.2, 0.25) is 0 Å². The lowest BCUT2D eigenvalue weighted by molar-refractivity contribution is 0.670. The third kappa shape index (κ3) is 2.59. The second-order valence-electron chi connectivity index (χ2n) is 5.48. The summed E-state index contributed by atoms with van der Waals surface area (Å²) in [4.78, 5) is 19.8. The molecule has 1 aliphatic rings. The molecule has 0 aliphatic heterocycles. The van der Waals surface area contributed by atoms with Crippen molar-refractivity contribution in [3.63, 3.8) is 0 Å². The van der Waals surface area contributed by atoms with Gasteiger partial charge >= 0.3 is 0 Å². The van der Waals surface area contributed by atoms with Crippen molar-refractivity contribution >= 4 is 33.3 Å². The normalized spacial score (nSPS) is 14.7. The molecule has 0 saturated carbocycles. The van der Waals surface area contributed by atoms with Crippen LogP contribution in [0.5, 0.6) is 0 Å².